The molecular weight excluding hydrogens is 459 g/mol. The second-order valence-corrected chi connectivity index (χ2v) is 8.55. The van der Waals surface area contributed by atoms with Crippen LogP contribution in [0, 0.1) is 23.7 Å². The summed E-state index contributed by atoms with van der Waals surface area (Å²) in [6, 6.07) is 38.6. The zero-order valence-corrected chi connectivity index (χ0v) is 19.6. The van der Waals surface area contributed by atoms with Crippen LogP contribution in [0.15, 0.2) is 115 Å². The zero-order valence-electron chi connectivity index (χ0n) is 19.6. The van der Waals surface area contributed by atoms with Crippen LogP contribution in [0.4, 0.5) is 27.1 Å². The Labute approximate surface area is 213 Å². The van der Waals surface area contributed by atoms with Crippen LogP contribution < -0.4 is 4.90 Å². The number of fused-ring (bicyclic) bond motifs is 3. The van der Waals surface area contributed by atoms with Crippen LogP contribution in [0.5, 0.6) is 0 Å². The molecule has 0 aliphatic heterocycles. The van der Waals surface area contributed by atoms with Gasteiger partial charge in [-0.2, -0.15) is 5.26 Å². The van der Waals surface area contributed by atoms with Crippen molar-refractivity contribution in [2.24, 2.45) is 0 Å². The zero-order chi connectivity index (χ0) is 25.4. The Balaban J connectivity index is 1.75. The van der Waals surface area contributed by atoms with Crippen molar-refractivity contribution in [2.75, 3.05) is 4.90 Å². The molecule has 0 aliphatic carbocycles. The summed E-state index contributed by atoms with van der Waals surface area (Å²) in [4.78, 5) is 5.43. The first-order valence-electron chi connectivity index (χ1n) is 11.8. The largest absolute Gasteiger partial charge is 0.319 e. The minimum Gasteiger partial charge on any atom is -0.319 e. The van der Waals surface area contributed by atoms with Gasteiger partial charge in [-0.05, 0) is 42.5 Å². The summed E-state index contributed by atoms with van der Waals surface area (Å²) in [5.74, 6) is -0.830. The number of halogens is 1. The molecule has 37 heavy (non-hydrogen) atoms. The van der Waals surface area contributed by atoms with Gasteiger partial charge in [0, 0.05) is 22.1 Å². The summed E-state index contributed by atoms with van der Waals surface area (Å²) in [6.07, 6.45) is 0. The number of hydrogen-bond donors (Lipinski definition) is 0. The lowest BCUT2D eigenvalue weighted by Crippen LogP contribution is -2.13. The van der Waals surface area contributed by atoms with Crippen molar-refractivity contribution < 1.29 is 4.39 Å². The summed E-state index contributed by atoms with van der Waals surface area (Å²) in [7, 11) is 0. The molecule has 6 rings (SSSR count). The van der Waals surface area contributed by atoms with E-state index in [1.165, 1.54) is 0 Å². The molecule has 0 fully saturated rings. The maximum Gasteiger partial charge on any atom is 0.246 e. The molecule has 1 aromatic heterocycles. The summed E-state index contributed by atoms with van der Waals surface area (Å²) in [5, 5.41) is 12.1. The summed E-state index contributed by atoms with van der Waals surface area (Å²) in [5.41, 5.74) is 3.64. The lowest BCUT2D eigenvalue weighted by atomic mass is 10.1. The lowest BCUT2D eigenvalue weighted by Gasteiger charge is -2.27. The second-order valence-electron chi connectivity index (χ2n) is 8.55. The molecule has 4 nitrogen and oxygen atoms in total. The van der Waals surface area contributed by atoms with E-state index in [1.54, 1.807) is 6.07 Å². The van der Waals surface area contributed by atoms with Crippen molar-refractivity contribution >= 4 is 44.6 Å². The van der Waals surface area contributed by atoms with Crippen molar-refractivity contribution in [3.63, 3.8) is 0 Å². The van der Waals surface area contributed by atoms with Crippen LogP contribution in [0.2, 0.25) is 0 Å². The number of hydrogen-bond acceptors (Lipinski definition) is 2. The number of nitriles is 1. The molecule has 1 heterocycles. The average Bonchev–Trinajstić information content (AvgIpc) is 3.28. The fraction of sp³-hybridized carbons (Fsp3) is 0. The Morgan fingerprint density at radius 3 is 1.70 bits per heavy atom. The standard InChI is InChI=1S/C32H19FN4/c1-35-32-30(37-27-18-10-8-16-24(27)25-17-9-11-19-28(25)37)20-29(26(21-34)31(32)33)36(22-12-4-2-5-13-22)23-14-6-3-7-15-23/h2-20H. The number of benzene rings is 5. The van der Waals surface area contributed by atoms with Gasteiger partial charge in [0.05, 0.1) is 29.0 Å². The molecule has 0 bridgehead atoms. The maximum absolute atomic E-state index is 16.1. The van der Waals surface area contributed by atoms with E-state index in [1.807, 2.05) is 125 Å². The van der Waals surface area contributed by atoms with Gasteiger partial charge in [0.15, 0.2) is 5.82 Å². The first kappa shape index (κ1) is 22.1. The minimum absolute atomic E-state index is 0.178. The fourth-order valence-corrected chi connectivity index (χ4v) is 4.94. The predicted molar refractivity (Wildman–Crippen MR) is 146 cm³/mol. The lowest BCUT2D eigenvalue weighted by molar-refractivity contribution is 0.629. The molecule has 0 atom stereocenters. The van der Waals surface area contributed by atoms with Gasteiger partial charge >= 0.3 is 0 Å². The Bertz CT molecular complexity index is 1770. The smallest absolute Gasteiger partial charge is 0.246 e. The Morgan fingerprint density at radius 2 is 1.22 bits per heavy atom. The van der Waals surface area contributed by atoms with E-state index in [4.69, 9.17) is 6.57 Å². The van der Waals surface area contributed by atoms with Crippen molar-refractivity contribution in [3.05, 3.63) is 138 Å². The quantitative estimate of drug-likeness (QED) is 0.237. The molecule has 0 aliphatic rings. The Hall–Kier alpha value is -5.39. The number of anilines is 3. The van der Waals surface area contributed by atoms with Gasteiger partial charge in [-0.15, -0.1) is 0 Å². The third-order valence-electron chi connectivity index (χ3n) is 6.51. The van der Waals surface area contributed by atoms with E-state index >= 15 is 4.39 Å². The normalized spacial score (nSPS) is 10.8. The molecule has 0 radical (unpaired) electrons. The van der Waals surface area contributed by atoms with E-state index in [0.29, 0.717) is 11.4 Å². The number of aromatic nitrogens is 1. The molecule has 0 saturated heterocycles. The molecule has 0 saturated carbocycles. The molecule has 0 N–H and O–H groups in total. The topological polar surface area (TPSA) is 36.3 Å². The van der Waals surface area contributed by atoms with Gasteiger partial charge in [-0.25, -0.2) is 9.24 Å². The third-order valence-corrected chi connectivity index (χ3v) is 6.51. The fourth-order valence-electron chi connectivity index (χ4n) is 4.94. The highest BCUT2D eigenvalue weighted by atomic mass is 19.1. The summed E-state index contributed by atoms with van der Waals surface area (Å²) >= 11 is 0. The van der Waals surface area contributed by atoms with Gasteiger partial charge in [0.1, 0.15) is 11.6 Å². The third kappa shape index (κ3) is 3.50. The van der Waals surface area contributed by atoms with E-state index in [2.05, 4.69) is 4.85 Å². The van der Waals surface area contributed by atoms with Crippen molar-refractivity contribution in [3.8, 4) is 11.8 Å². The van der Waals surface area contributed by atoms with Crippen molar-refractivity contribution in [1.82, 2.24) is 4.57 Å². The van der Waals surface area contributed by atoms with Gasteiger partial charge in [0.2, 0.25) is 5.69 Å². The molecule has 0 amide bonds. The SMILES string of the molecule is [C-]#[N+]c1c(-n2c3ccccc3c3ccccc32)cc(N(c2ccccc2)c2ccccc2)c(C#N)c1F. The van der Waals surface area contributed by atoms with Gasteiger partial charge in [0.25, 0.3) is 0 Å². The Kier molecular flexibility index (Phi) is 5.37. The van der Waals surface area contributed by atoms with E-state index in [9.17, 15) is 5.26 Å². The van der Waals surface area contributed by atoms with E-state index in [-0.39, 0.29) is 11.3 Å². The van der Waals surface area contributed by atoms with Crippen molar-refractivity contribution in [1.29, 1.82) is 5.26 Å². The Morgan fingerprint density at radius 1 is 0.730 bits per heavy atom. The highest BCUT2D eigenvalue weighted by Crippen LogP contribution is 2.44. The highest BCUT2D eigenvalue weighted by Gasteiger charge is 2.26. The average molecular weight is 479 g/mol. The first-order valence-corrected chi connectivity index (χ1v) is 11.8. The van der Waals surface area contributed by atoms with E-state index in [0.717, 1.165) is 33.2 Å². The summed E-state index contributed by atoms with van der Waals surface area (Å²) < 4.78 is 18.0. The maximum atomic E-state index is 16.1. The summed E-state index contributed by atoms with van der Waals surface area (Å²) in [6.45, 7) is 7.87. The van der Waals surface area contributed by atoms with Crippen LogP contribution >= 0.6 is 0 Å². The molecule has 174 valence electrons. The number of para-hydroxylation sites is 4. The molecule has 0 spiro atoms. The van der Waals surface area contributed by atoms with Crippen LogP contribution in [0.1, 0.15) is 5.56 Å². The minimum atomic E-state index is -0.830. The molecule has 5 heteroatoms. The molecular formula is C32H19FN4. The first-order chi connectivity index (χ1) is 18.2. The molecule has 6 aromatic rings. The number of rotatable bonds is 4. The predicted octanol–water partition coefficient (Wildman–Crippen LogP) is 8.82. The van der Waals surface area contributed by atoms with Crippen LogP contribution in [-0.4, -0.2) is 4.57 Å². The monoisotopic (exact) mass is 478 g/mol. The van der Waals surface area contributed by atoms with Gasteiger partial charge < -0.3 is 9.47 Å². The van der Waals surface area contributed by atoms with Gasteiger partial charge in [-0.3, -0.25) is 0 Å². The van der Waals surface area contributed by atoms with Gasteiger partial charge in [-0.1, -0.05) is 72.8 Å². The van der Waals surface area contributed by atoms with Crippen molar-refractivity contribution in [2.45, 2.75) is 0 Å². The van der Waals surface area contributed by atoms with Crippen LogP contribution in [0.3, 0.4) is 0 Å². The second kappa shape index (κ2) is 9.00. The molecule has 0 unspecified atom stereocenters. The van der Waals surface area contributed by atoms with E-state index < -0.39 is 5.82 Å². The highest BCUT2D eigenvalue weighted by molar-refractivity contribution is 6.09. The number of nitrogens with zero attached hydrogens (tertiary/aromatic N) is 4. The van der Waals surface area contributed by atoms with Crippen LogP contribution in [0.25, 0.3) is 32.3 Å². The van der Waals surface area contributed by atoms with Crippen LogP contribution in [-0.2, 0) is 0 Å². The molecule has 5 aromatic carbocycles.